The maximum absolute atomic E-state index is 13.0. The van der Waals surface area contributed by atoms with Crippen LogP contribution in [-0.4, -0.2) is 26.1 Å². The molecule has 1 atom stereocenters. The van der Waals surface area contributed by atoms with Crippen molar-refractivity contribution in [1.82, 2.24) is 5.48 Å². The molecule has 0 saturated carbocycles. The standard InChI is InChI=1S/C17H18N2O5S/c1-2-24-13-9-7-12(8-10-13)19-15(11-17(20)18-21)14-5-3-4-6-16(14)25(19,22)23/h3-10,15,21H,2,11H2,1H3,(H,18,20). The Bertz CT molecular complexity index is 880. The zero-order valence-corrected chi connectivity index (χ0v) is 14.4. The molecule has 0 spiro atoms. The van der Waals surface area contributed by atoms with Crippen molar-refractivity contribution in [1.29, 1.82) is 0 Å². The Morgan fingerprint density at radius 1 is 1.20 bits per heavy atom. The summed E-state index contributed by atoms with van der Waals surface area (Å²) >= 11 is 0. The second-order valence-corrected chi connectivity index (χ2v) is 7.30. The maximum atomic E-state index is 13.0. The Morgan fingerprint density at radius 3 is 2.52 bits per heavy atom. The number of hydroxylamine groups is 1. The highest BCUT2D eigenvalue weighted by molar-refractivity contribution is 7.93. The van der Waals surface area contributed by atoms with Crippen LogP contribution in [0.15, 0.2) is 53.4 Å². The number of fused-ring (bicyclic) bond motifs is 1. The summed E-state index contributed by atoms with van der Waals surface area (Å²) < 4.78 is 32.5. The number of carbonyl (C=O) groups excluding carboxylic acids is 1. The van der Waals surface area contributed by atoms with Gasteiger partial charge in [-0.1, -0.05) is 18.2 Å². The van der Waals surface area contributed by atoms with Gasteiger partial charge >= 0.3 is 0 Å². The molecule has 2 aromatic rings. The molecule has 25 heavy (non-hydrogen) atoms. The van der Waals surface area contributed by atoms with Gasteiger partial charge < -0.3 is 4.74 Å². The summed E-state index contributed by atoms with van der Waals surface area (Å²) in [4.78, 5) is 11.9. The van der Waals surface area contributed by atoms with Gasteiger partial charge in [0, 0.05) is 0 Å². The number of ether oxygens (including phenoxy) is 1. The van der Waals surface area contributed by atoms with Crippen molar-refractivity contribution in [2.24, 2.45) is 0 Å². The lowest BCUT2D eigenvalue weighted by Crippen LogP contribution is -2.32. The zero-order chi connectivity index (χ0) is 18.0. The van der Waals surface area contributed by atoms with Crippen LogP contribution in [-0.2, 0) is 14.8 Å². The number of anilines is 1. The molecular weight excluding hydrogens is 344 g/mol. The van der Waals surface area contributed by atoms with Crippen molar-refractivity contribution >= 4 is 21.6 Å². The van der Waals surface area contributed by atoms with Gasteiger partial charge in [0.1, 0.15) is 5.75 Å². The molecule has 1 amide bonds. The number of amides is 1. The van der Waals surface area contributed by atoms with Crippen molar-refractivity contribution in [3.63, 3.8) is 0 Å². The molecule has 0 saturated heterocycles. The van der Waals surface area contributed by atoms with Gasteiger partial charge in [0.15, 0.2) is 0 Å². The number of nitrogens with one attached hydrogen (secondary N) is 1. The smallest absolute Gasteiger partial charge is 0.265 e. The van der Waals surface area contributed by atoms with E-state index in [0.29, 0.717) is 23.6 Å². The lowest BCUT2D eigenvalue weighted by molar-refractivity contribution is -0.129. The van der Waals surface area contributed by atoms with Crippen molar-refractivity contribution in [2.45, 2.75) is 24.3 Å². The van der Waals surface area contributed by atoms with Gasteiger partial charge in [-0.05, 0) is 42.8 Å². The van der Waals surface area contributed by atoms with Gasteiger partial charge in [0.05, 0.1) is 29.7 Å². The summed E-state index contributed by atoms with van der Waals surface area (Å²) in [5.74, 6) is -0.0298. The van der Waals surface area contributed by atoms with E-state index in [2.05, 4.69) is 0 Å². The number of hydrogen-bond donors (Lipinski definition) is 2. The summed E-state index contributed by atoms with van der Waals surface area (Å²) in [6.07, 6.45) is -0.194. The van der Waals surface area contributed by atoms with Gasteiger partial charge in [0.2, 0.25) is 5.91 Å². The molecule has 7 nitrogen and oxygen atoms in total. The maximum Gasteiger partial charge on any atom is 0.265 e. The second kappa shape index (κ2) is 6.73. The minimum atomic E-state index is -3.80. The second-order valence-electron chi connectivity index (χ2n) is 5.52. The lowest BCUT2D eigenvalue weighted by Gasteiger charge is -2.25. The van der Waals surface area contributed by atoms with Gasteiger partial charge in [-0.3, -0.25) is 14.3 Å². The lowest BCUT2D eigenvalue weighted by atomic mass is 10.0. The molecule has 1 aliphatic rings. The molecule has 0 bridgehead atoms. The minimum Gasteiger partial charge on any atom is -0.494 e. The molecule has 0 fully saturated rings. The molecule has 2 aromatic carbocycles. The molecule has 1 heterocycles. The van der Waals surface area contributed by atoms with E-state index in [9.17, 15) is 13.2 Å². The zero-order valence-electron chi connectivity index (χ0n) is 13.5. The molecular formula is C17H18N2O5S. The molecule has 1 unspecified atom stereocenters. The van der Waals surface area contributed by atoms with Crippen molar-refractivity contribution < 1.29 is 23.2 Å². The molecule has 3 rings (SSSR count). The number of sulfonamides is 1. The number of carbonyl (C=O) groups is 1. The van der Waals surface area contributed by atoms with E-state index in [1.54, 1.807) is 47.9 Å². The summed E-state index contributed by atoms with van der Waals surface area (Å²) in [7, 11) is -3.80. The highest BCUT2D eigenvalue weighted by Gasteiger charge is 2.43. The Balaban J connectivity index is 2.07. The molecule has 132 valence electrons. The monoisotopic (exact) mass is 362 g/mol. The average molecular weight is 362 g/mol. The summed E-state index contributed by atoms with van der Waals surface area (Å²) in [5.41, 5.74) is 2.52. The summed E-state index contributed by atoms with van der Waals surface area (Å²) in [5, 5.41) is 8.84. The fraction of sp³-hybridized carbons (Fsp3) is 0.235. The highest BCUT2D eigenvalue weighted by Crippen LogP contribution is 2.44. The molecule has 0 radical (unpaired) electrons. The Kier molecular flexibility index (Phi) is 4.65. The SMILES string of the molecule is CCOc1ccc(N2C(CC(=O)NO)c3ccccc3S2(=O)=O)cc1. The first-order valence-corrected chi connectivity index (χ1v) is 9.22. The van der Waals surface area contributed by atoms with E-state index in [1.165, 1.54) is 10.4 Å². The van der Waals surface area contributed by atoms with E-state index < -0.39 is 22.0 Å². The quantitative estimate of drug-likeness (QED) is 0.628. The van der Waals surface area contributed by atoms with Crippen LogP contribution in [0.4, 0.5) is 5.69 Å². The third kappa shape index (κ3) is 3.06. The predicted octanol–water partition coefficient (Wildman–Crippen LogP) is 2.23. The van der Waals surface area contributed by atoms with Crippen LogP contribution < -0.4 is 14.5 Å². The Hall–Kier alpha value is -2.58. The van der Waals surface area contributed by atoms with Crippen LogP contribution >= 0.6 is 0 Å². The molecule has 0 aromatic heterocycles. The fourth-order valence-corrected chi connectivity index (χ4v) is 4.87. The highest BCUT2D eigenvalue weighted by atomic mass is 32.2. The van der Waals surface area contributed by atoms with E-state index >= 15 is 0 Å². The number of nitrogens with zero attached hydrogens (tertiary/aromatic N) is 1. The third-order valence-electron chi connectivity index (χ3n) is 4.00. The molecule has 1 aliphatic heterocycles. The van der Waals surface area contributed by atoms with Crippen LogP contribution in [0.3, 0.4) is 0 Å². The Labute approximate surface area is 145 Å². The van der Waals surface area contributed by atoms with E-state index in [0.717, 1.165) is 0 Å². The first kappa shape index (κ1) is 17.2. The van der Waals surface area contributed by atoms with Crippen LogP contribution in [0.1, 0.15) is 24.9 Å². The third-order valence-corrected chi connectivity index (χ3v) is 5.91. The number of hydrogen-bond acceptors (Lipinski definition) is 5. The van der Waals surface area contributed by atoms with Gasteiger partial charge in [0.25, 0.3) is 10.0 Å². The van der Waals surface area contributed by atoms with Gasteiger partial charge in [-0.25, -0.2) is 13.9 Å². The number of rotatable bonds is 5. The normalized spacial score (nSPS) is 17.8. The van der Waals surface area contributed by atoms with Crippen LogP contribution in [0.5, 0.6) is 5.75 Å². The van der Waals surface area contributed by atoms with Crippen LogP contribution in [0, 0.1) is 0 Å². The first-order valence-electron chi connectivity index (χ1n) is 7.78. The molecule has 8 heteroatoms. The van der Waals surface area contributed by atoms with Crippen LogP contribution in [0.25, 0.3) is 0 Å². The summed E-state index contributed by atoms with van der Waals surface area (Å²) in [6.45, 7) is 2.37. The minimum absolute atomic E-state index is 0.166. The topological polar surface area (TPSA) is 95.9 Å². The van der Waals surface area contributed by atoms with Gasteiger partial charge in [-0.15, -0.1) is 0 Å². The average Bonchev–Trinajstić information content (AvgIpc) is 2.83. The first-order chi connectivity index (χ1) is 12.0. The van der Waals surface area contributed by atoms with Crippen LogP contribution in [0.2, 0.25) is 0 Å². The number of benzene rings is 2. The van der Waals surface area contributed by atoms with Crippen molar-refractivity contribution in [3.05, 3.63) is 54.1 Å². The van der Waals surface area contributed by atoms with Crippen molar-refractivity contribution in [3.8, 4) is 5.75 Å². The van der Waals surface area contributed by atoms with Gasteiger partial charge in [-0.2, -0.15) is 0 Å². The predicted molar refractivity (Wildman–Crippen MR) is 91.0 cm³/mol. The van der Waals surface area contributed by atoms with Crippen molar-refractivity contribution in [2.75, 3.05) is 10.9 Å². The molecule has 0 aliphatic carbocycles. The summed E-state index contributed by atoms with van der Waals surface area (Å²) in [6, 6.07) is 12.5. The van der Waals surface area contributed by atoms with E-state index in [1.807, 2.05) is 6.92 Å². The Morgan fingerprint density at radius 2 is 1.88 bits per heavy atom. The molecule has 2 N–H and O–H groups in total. The van der Waals surface area contributed by atoms with E-state index in [4.69, 9.17) is 9.94 Å². The fourth-order valence-electron chi connectivity index (χ4n) is 2.98. The van der Waals surface area contributed by atoms with E-state index in [-0.39, 0.29) is 11.3 Å². The largest absolute Gasteiger partial charge is 0.494 e.